The largest absolute Gasteiger partial charge is 0.341 e. The molecule has 0 amide bonds. The molecule has 11 heavy (non-hydrogen) atoms. The van der Waals surface area contributed by atoms with Crippen LogP contribution in [0.2, 0.25) is 0 Å². The lowest BCUT2D eigenvalue weighted by Crippen LogP contribution is -2.29. The average Bonchev–Trinajstić information content (AvgIpc) is 1.85. The zero-order valence-corrected chi connectivity index (χ0v) is 9.24. The fraction of sp³-hybridized carbons (Fsp3) is 0.857. The highest BCUT2D eigenvalue weighted by Crippen LogP contribution is 2.23. The second kappa shape index (κ2) is 4.44. The Balaban J connectivity index is 4.03. The van der Waals surface area contributed by atoms with E-state index >= 15 is 0 Å². The van der Waals surface area contributed by atoms with Gasteiger partial charge < -0.3 is 4.52 Å². The number of Topliss-reactive ketones (excluding diaryl/α,β-unsaturated/α-hetero) is 1. The van der Waals surface area contributed by atoms with Gasteiger partial charge in [-0.25, -0.2) is 0 Å². The Morgan fingerprint density at radius 3 is 2.27 bits per heavy atom. The molecule has 0 rings (SSSR count). The summed E-state index contributed by atoms with van der Waals surface area (Å²) in [5.41, 5.74) is -0.912. The van der Waals surface area contributed by atoms with E-state index in [1.165, 1.54) is 0 Å². The predicted octanol–water partition coefficient (Wildman–Crippen LogP) is 2.10. The van der Waals surface area contributed by atoms with Crippen LogP contribution in [0.25, 0.3) is 0 Å². The second-order valence-corrected chi connectivity index (χ2v) is 4.40. The number of carbonyl (C=O) groups is 1. The summed E-state index contributed by atoms with van der Waals surface area (Å²) in [4.78, 5) is 11.4. The molecule has 66 valence electrons. The third-order valence-electron chi connectivity index (χ3n) is 1.19. The van der Waals surface area contributed by atoms with E-state index in [0.717, 1.165) is 0 Å². The van der Waals surface area contributed by atoms with Crippen LogP contribution in [0, 0.1) is 5.41 Å². The molecule has 0 aliphatic carbocycles. The summed E-state index contributed by atoms with van der Waals surface area (Å²) >= 11 is 4.03. The van der Waals surface area contributed by atoms with Crippen molar-refractivity contribution in [2.24, 2.45) is 5.41 Å². The highest BCUT2D eigenvalue weighted by molar-refractivity contribution is 7.81. The molecule has 0 saturated carbocycles. The van der Waals surface area contributed by atoms with Gasteiger partial charge >= 0.3 is 0 Å². The summed E-state index contributed by atoms with van der Waals surface area (Å²) in [6.45, 7) is 7.46. The smallest absolute Gasteiger partial charge is 0.177 e. The van der Waals surface area contributed by atoms with E-state index in [1.54, 1.807) is 0 Å². The van der Waals surface area contributed by atoms with Crippen molar-refractivity contribution in [2.75, 3.05) is 6.66 Å². The Kier molecular flexibility index (Phi) is 4.60. The Bertz CT molecular complexity index is 142. The first-order valence-corrected chi connectivity index (χ1v) is 5.37. The summed E-state index contributed by atoms with van der Waals surface area (Å²) in [7, 11) is 0.313. The molecule has 0 aromatic carbocycles. The molecule has 0 aliphatic heterocycles. The van der Waals surface area contributed by atoms with Crippen molar-refractivity contribution in [3.63, 3.8) is 0 Å². The van der Waals surface area contributed by atoms with Crippen LogP contribution < -0.4 is 0 Å². The fourth-order valence-electron chi connectivity index (χ4n) is 0.536. The van der Waals surface area contributed by atoms with Crippen LogP contribution in [0.1, 0.15) is 20.8 Å². The van der Waals surface area contributed by atoms with E-state index in [0.29, 0.717) is 8.81 Å². The average molecular weight is 194 g/mol. The van der Waals surface area contributed by atoms with Gasteiger partial charge in [-0.05, 0) is 6.66 Å². The van der Waals surface area contributed by atoms with Crippen molar-refractivity contribution in [1.82, 2.24) is 0 Å². The van der Waals surface area contributed by atoms with Crippen LogP contribution in [0.4, 0.5) is 0 Å². The lowest BCUT2D eigenvalue weighted by atomic mass is 9.91. The van der Waals surface area contributed by atoms with E-state index in [1.807, 2.05) is 27.4 Å². The number of rotatable bonds is 3. The normalized spacial score (nSPS) is 15.7. The Morgan fingerprint density at radius 2 is 2.00 bits per heavy atom. The van der Waals surface area contributed by atoms with Crippen molar-refractivity contribution < 1.29 is 9.32 Å². The molecule has 0 aromatic rings. The first kappa shape index (κ1) is 11.4. The van der Waals surface area contributed by atoms with Gasteiger partial charge in [0.2, 0.25) is 0 Å². The van der Waals surface area contributed by atoms with Crippen molar-refractivity contribution in [1.29, 1.82) is 0 Å². The number of ketones is 1. The molecule has 0 aliphatic rings. The standard InChI is InChI=1S/C7H15O2PS/c1-7(2,3)5(8)6(11)9-10-4/h6,10-11H,1-4H3. The number of hydrogen-bond donors (Lipinski definition) is 1. The van der Waals surface area contributed by atoms with Crippen LogP contribution in [0.15, 0.2) is 0 Å². The maximum Gasteiger partial charge on any atom is 0.177 e. The van der Waals surface area contributed by atoms with Crippen LogP contribution in [0.5, 0.6) is 0 Å². The zero-order chi connectivity index (χ0) is 9.07. The summed E-state index contributed by atoms with van der Waals surface area (Å²) in [6.07, 6.45) is 0. The topological polar surface area (TPSA) is 26.3 Å². The molecule has 0 heterocycles. The Morgan fingerprint density at radius 1 is 1.55 bits per heavy atom. The van der Waals surface area contributed by atoms with Gasteiger partial charge in [-0.1, -0.05) is 20.8 Å². The van der Waals surface area contributed by atoms with Crippen molar-refractivity contribution in [3.8, 4) is 0 Å². The van der Waals surface area contributed by atoms with Crippen molar-refractivity contribution >= 4 is 27.2 Å². The molecule has 0 aromatic heterocycles. The lowest BCUT2D eigenvalue weighted by Gasteiger charge is -2.20. The number of hydrogen-bond acceptors (Lipinski definition) is 3. The molecular weight excluding hydrogens is 179 g/mol. The summed E-state index contributed by atoms with van der Waals surface area (Å²) in [6, 6.07) is 0. The highest BCUT2D eigenvalue weighted by atomic mass is 32.1. The molecule has 2 atom stereocenters. The molecule has 2 nitrogen and oxygen atoms in total. The quantitative estimate of drug-likeness (QED) is 0.423. The van der Waals surface area contributed by atoms with Crippen molar-refractivity contribution in [2.45, 2.75) is 26.2 Å². The minimum atomic E-state index is -0.557. The first-order valence-electron chi connectivity index (χ1n) is 3.44. The van der Waals surface area contributed by atoms with Gasteiger partial charge in [-0.15, -0.1) is 12.6 Å². The maximum absolute atomic E-state index is 11.4. The minimum absolute atomic E-state index is 0.0372. The van der Waals surface area contributed by atoms with Gasteiger partial charge in [0.1, 0.15) is 0 Å². The van der Waals surface area contributed by atoms with Crippen LogP contribution >= 0.6 is 21.4 Å². The predicted molar refractivity (Wildman–Crippen MR) is 52.6 cm³/mol. The van der Waals surface area contributed by atoms with Gasteiger partial charge in [0.25, 0.3) is 0 Å². The zero-order valence-electron chi connectivity index (χ0n) is 7.34. The van der Waals surface area contributed by atoms with E-state index in [4.69, 9.17) is 4.52 Å². The van der Waals surface area contributed by atoms with Crippen molar-refractivity contribution in [3.05, 3.63) is 0 Å². The first-order chi connectivity index (χ1) is 4.89. The van der Waals surface area contributed by atoms with Gasteiger partial charge in [0.05, 0.1) is 0 Å². The van der Waals surface area contributed by atoms with Crippen LogP contribution in [-0.2, 0) is 9.32 Å². The van der Waals surface area contributed by atoms with E-state index < -0.39 is 5.44 Å². The summed E-state index contributed by atoms with van der Waals surface area (Å²) in [5.74, 6) is 0.0372. The molecular formula is C7H15O2PS. The maximum atomic E-state index is 11.4. The number of carbonyl (C=O) groups excluding carboxylic acids is 1. The van der Waals surface area contributed by atoms with E-state index in [9.17, 15) is 4.79 Å². The fourth-order valence-corrected chi connectivity index (χ4v) is 1.57. The Labute approximate surface area is 75.4 Å². The second-order valence-electron chi connectivity index (χ2n) is 3.29. The van der Waals surface area contributed by atoms with Gasteiger partial charge in [-0.2, -0.15) is 0 Å². The molecule has 0 saturated heterocycles. The van der Waals surface area contributed by atoms with Crippen LogP contribution in [0.3, 0.4) is 0 Å². The molecule has 0 radical (unpaired) electrons. The third kappa shape index (κ3) is 4.09. The van der Waals surface area contributed by atoms with Gasteiger partial charge in [0.15, 0.2) is 11.2 Å². The highest BCUT2D eigenvalue weighted by Gasteiger charge is 2.27. The number of thiol groups is 1. The SMILES string of the molecule is CPOC(S)C(=O)C(C)(C)C. The van der Waals surface area contributed by atoms with Gasteiger partial charge in [0, 0.05) is 14.2 Å². The molecule has 0 bridgehead atoms. The molecule has 0 spiro atoms. The molecule has 4 heteroatoms. The molecule has 2 unspecified atom stereocenters. The third-order valence-corrected chi connectivity index (χ3v) is 2.20. The lowest BCUT2D eigenvalue weighted by molar-refractivity contribution is -0.129. The van der Waals surface area contributed by atoms with Gasteiger partial charge in [-0.3, -0.25) is 4.79 Å². The minimum Gasteiger partial charge on any atom is -0.341 e. The van der Waals surface area contributed by atoms with Crippen LogP contribution in [-0.4, -0.2) is 17.9 Å². The summed E-state index contributed by atoms with van der Waals surface area (Å²) < 4.78 is 5.07. The summed E-state index contributed by atoms with van der Waals surface area (Å²) in [5, 5.41) is 0. The van der Waals surface area contributed by atoms with E-state index in [2.05, 4.69) is 12.6 Å². The molecule has 0 fully saturated rings. The van der Waals surface area contributed by atoms with E-state index in [-0.39, 0.29) is 11.2 Å². The monoisotopic (exact) mass is 194 g/mol. The molecule has 0 N–H and O–H groups in total. The Hall–Kier alpha value is 0.410.